The van der Waals surface area contributed by atoms with Crippen LogP contribution in [0.25, 0.3) is 0 Å². The minimum Gasteiger partial charge on any atom is -0.372 e. The molecule has 2 N–H and O–H groups in total. The van der Waals surface area contributed by atoms with Gasteiger partial charge in [0.25, 0.3) is 0 Å². The highest BCUT2D eigenvalue weighted by Gasteiger charge is 2.15. The molecule has 102 valence electrons. The summed E-state index contributed by atoms with van der Waals surface area (Å²) in [6.45, 7) is 9.82. The van der Waals surface area contributed by atoms with Crippen LogP contribution in [0, 0.1) is 6.92 Å². The second kappa shape index (κ2) is 7.55. The van der Waals surface area contributed by atoms with E-state index in [9.17, 15) is 0 Å². The lowest BCUT2D eigenvalue weighted by Gasteiger charge is -2.10. The lowest BCUT2D eigenvalue weighted by molar-refractivity contribution is 0.134. The van der Waals surface area contributed by atoms with Crippen molar-refractivity contribution in [3.8, 4) is 0 Å². The third kappa shape index (κ3) is 4.11. The van der Waals surface area contributed by atoms with Gasteiger partial charge in [0, 0.05) is 6.04 Å². The van der Waals surface area contributed by atoms with Crippen molar-refractivity contribution < 1.29 is 4.74 Å². The molecule has 0 bridgehead atoms. The van der Waals surface area contributed by atoms with E-state index >= 15 is 0 Å². The first-order valence-corrected chi connectivity index (χ1v) is 7.11. The Kier molecular flexibility index (Phi) is 6.37. The molecule has 18 heavy (non-hydrogen) atoms. The van der Waals surface area contributed by atoms with Crippen LogP contribution >= 0.6 is 0 Å². The summed E-state index contributed by atoms with van der Waals surface area (Å²) in [7, 11) is 0. The van der Waals surface area contributed by atoms with E-state index in [1.807, 2.05) is 13.8 Å². The molecule has 0 aromatic heterocycles. The van der Waals surface area contributed by atoms with Gasteiger partial charge in [0.15, 0.2) is 0 Å². The van der Waals surface area contributed by atoms with E-state index in [1.54, 1.807) is 0 Å². The summed E-state index contributed by atoms with van der Waals surface area (Å²) in [4.78, 5) is 0. The number of aryl methyl sites for hydroxylation is 2. The monoisotopic (exact) mass is 249 g/mol. The maximum Gasteiger partial charge on any atom is 0.0727 e. The molecule has 2 heteroatoms. The van der Waals surface area contributed by atoms with Crippen LogP contribution in [0.1, 0.15) is 55.9 Å². The van der Waals surface area contributed by atoms with Gasteiger partial charge in [-0.1, -0.05) is 31.5 Å². The van der Waals surface area contributed by atoms with Gasteiger partial charge in [0.2, 0.25) is 0 Å². The first kappa shape index (κ1) is 15.2. The molecule has 2 nitrogen and oxygen atoms in total. The zero-order valence-corrected chi connectivity index (χ0v) is 12.3. The Labute approximate surface area is 112 Å². The van der Waals surface area contributed by atoms with Crippen molar-refractivity contribution in [1.29, 1.82) is 0 Å². The molecule has 1 aliphatic heterocycles. The molecule has 0 unspecified atom stereocenters. The smallest absolute Gasteiger partial charge is 0.0727 e. The summed E-state index contributed by atoms with van der Waals surface area (Å²) in [5, 5.41) is 0. The van der Waals surface area contributed by atoms with Crippen LogP contribution in [0.15, 0.2) is 12.1 Å². The lowest BCUT2D eigenvalue weighted by atomic mass is 9.96. The van der Waals surface area contributed by atoms with Crippen molar-refractivity contribution in [3.63, 3.8) is 0 Å². The average Bonchev–Trinajstić information content (AvgIpc) is 2.79. The van der Waals surface area contributed by atoms with Crippen LogP contribution in [0.2, 0.25) is 0 Å². The van der Waals surface area contributed by atoms with E-state index in [0.29, 0.717) is 6.04 Å². The van der Waals surface area contributed by atoms with Gasteiger partial charge < -0.3 is 10.5 Å². The van der Waals surface area contributed by atoms with Gasteiger partial charge in [0.05, 0.1) is 13.2 Å². The Hall–Kier alpha value is -0.860. The van der Waals surface area contributed by atoms with Crippen molar-refractivity contribution in [2.75, 3.05) is 0 Å². The molecule has 0 fully saturated rings. The molecule has 0 aliphatic carbocycles. The second-order valence-corrected chi connectivity index (χ2v) is 4.92. The van der Waals surface area contributed by atoms with Crippen LogP contribution in [0.5, 0.6) is 0 Å². The first-order valence-electron chi connectivity index (χ1n) is 7.11. The molecule has 1 heterocycles. The molecular formula is C16H27NO. The van der Waals surface area contributed by atoms with Gasteiger partial charge in [-0.2, -0.15) is 0 Å². The molecule has 1 aromatic rings. The Bertz CT molecular complexity index is 372. The molecule has 0 radical (unpaired) electrons. The van der Waals surface area contributed by atoms with Crippen LogP contribution < -0.4 is 5.73 Å². The zero-order valence-electron chi connectivity index (χ0n) is 12.3. The highest BCUT2D eigenvalue weighted by Crippen LogP contribution is 2.26. The second-order valence-electron chi connectivity index (χ2n) is 4.92. The van der Waals surface area contributed by atoms with E-state index in [2.05, 4.69) is 26.0 Å². The van der Waals surface area contributed by atoms with Gasteiger partial charge in [-0.3, -0.25) is 0 Å². The third-order valence-electron chi connectivity index (χ3n) is 3.19. The number of benzene rings is 1. The van der Waals surface area contributed by atoms with E-state index in [4.69, 9.17) is 10.5 Å². The summed E-state index contributed by atoms with van der Waals surface area (Å²) in [5.41, 5.74) is 11.4. The Balaban J connectivity index is 0.000000771. The summed E-state index contributed by atoms with van der Waals surface area (Å²) in [6.07, 6.45) is 3.41. The fourth-order valence-corrected chi connectivity index (χ4v) is 2.39. The van der Waals surface area contributed by atoms with Crippen molar-refractivity contribution in [3.05, 3.63) is 34.4 Å². The maximum atomic E-state index is 5.77. The summed E-state index contributed by atoms with van der Waals surface area (Å²) < 4.78 is 5.51. The predicted molar refractivity (Wildman–Crippen MR) is 77.6 cm³/mol. The molecule has 0 saturated carbocycles. The zero-order chi connectivity index (χ0) is 13.5. The number of hydrogen-bond donors (Lipinski definition) is 1. The highest BCUT2D eigenvalue weighted by molar-refractivity contribution is 5.40. The van der Waals surface area contributed by atoms with Gasteiger partial charge in [0.1, 0.15) is 0 Å². The van der Waals surface area contributed by atoms with Crippen molar-refractivity contribution in [2.45, 2.75) is 66.2 Å². The molecule has 1 atom stereocenters. The maximum absolute atomic E-state index is 5.77. The molecule has 0 saturated heterocycles. The first-order chi connectivity index (χ1) is 8.66. The van der Waals surface area contributed by atoms with Crippen molar-refractivity contribution in [1.82, 2.24) is 0 Å². The van der Waals surface area contributed by atoms with Crippen LogP contribution in [0.3, 0.4) is 0 Å². The number of nitrogens with two attached hydrogens (primary N) is 1. The molecular weight excluding hydrogens is 222 g/mol. The minimum absolute atomic E-state index is 0.314. The van der Waals surface area contributed by atoms with E-state index in [-0.39, 0.29) is 0 Å². The quantitative estimate of drug-likeness (QED) is 0.882. The van der Waals surface area contributed by atoms with Gasteiger partial charge in [-0.25, -0.2) is 0 Å². The largest absolute Gasteiger partial charge is 0.372 e. The van der Waals surface area contributed by atoms with Crippen molar-refractivity contribution >= 4 is 0 Å². The number of hydrogen-bond acceptors (Lipinski definition) is 2. The normalized spacial score (nSPS) is 14.7. The van der Waals surface area contributed by atoms with Crippen LogP contribution in [0.4, 0.5) is 0 Å². The summed E-state index contributed by atoms with van der Waals surface area (Å²) in [5.74, 6) is 0. The molecule has 2 rings (SSSR count). The number of ether oxygens (including phenoxy) is 1. The Morgan fingerprint density at radius 2 is 2.00 bits per heavy atom. The van der Waals surface area contributed by atoms with Crippen LogP contribution in [-0.2, 0) is 24.4 Å². The SMILES string of the molecule is CC.Cc1cc(CCC[C@H](C)N)c2c(c1)COC2. The standard InChI is InChI=1S/C14H21NO.C2H6/c1-10-6-12(5-3-4-11(2)15)14-9-16-8-13(14)7-10;1-2/h6-7,11H,3-5,8-9,15H2,1-2H3;1-2H3/t11-;/m0./s1. The molecule has 0 amide bonds. The summed E-state index contributed by atoms with van der Waals surface area (Å²) in [6, 6.07) is 4.86. The number of fused-ring (bicyclic) bond motifs is 1. The predicted octanol–water partition coefficient (Wildman–Crippen LogP) is 3.72. The van der Waals surface area contributed by atoms with Crippen molar-refractivity contribution in [2.24, 2.45) is 5.73 Å². The summed E-state index contributed by atoms with van der Waals surface area (Å²) >= 11 is 0. The molecule has 1 aliphatic rings. The molecule has 1 aromatic carbocycles. The fourth-order valence-electron chi connectivity index (χ4n) is 2.39. The molecule has 0 spiro atoms. The highest BCUT2D eigenvalue weighted by atomic mass is 16.5. The topological polar surface area (TPSA) is 35.2 Å². The fraction of sp³-hybridized carbons (Fsp3) is 0.625. The van der Waals surface area contributed by atoms with E-state index in [0.717, 1.165) is 26.1 Å². The van der Waals surface area contributed by atoms with E-state index < -0.39 is 0 Å². The van der Waals surface area contributed by atoms with Gasteiger partial charge in [-0.05, 0) is 49.8 Å². The lowest BCUT2D eigenvalue weighted by Crippen LogP contribution is -2.14. The third-order valence-corrected chi connectivity index (χ3v) is 3.19. The van der Waals surface area contributed by atoms with Gasteiger partial charge in [-0.15, -0.1) is 0 Å². The van der Waals surface area contributed by atoms with E-state index in [1.165, 1.54) is 28.7 Å². The van der Waals surface area contributed by atoms with Gasteiger partial charge >= 0.3 is 0 Å². The minimum atomic E-state index is 0.314. The Morgan fingerprint density at radius 1 is 1.28 bits per heavy atom. The average molecular weight is 249 g/mol. The number of rotatable bonds is 4. The van der Waals surface area contributed by atoms with Crippen LogP contribution in [-0.4, -0.2) is 6.04 Å². The Morgan fingerprint density at radius 3 is 2.67 bits per heavy atom.